The molecule has 0 saturated heterocycles. The van der Waals surface area contributed by atoms with Gasteiger partial charge in [0.15, 0.2) is 23.5 Å². The average molecular weight is 886 g/mol. The maximum atomic E-state index is 13.4. The third-order valence-corrected chi connectivity index (χ3v) is 12.8. The van der Waals surface area contributed by atoms with Gasteiger partial charge in [0.1, 0.15) is 29.7 Å². The molecule has 3 rings (SSSR count). The van der Waals surface area contributed by atoms with E-state index in [-0.39, 0.29) is 24.2 Å². The normalized spacial score (nSPS) is 12.4. The molecule has 1 heterocycles. The van der Waals surface area contributed by atoms with Crippen molar-refractivity contribution in [3.8, 4) is 40.0 Å². The largest absolute Gasteiger partial charge is 0.507 e. The molecule has 8 nitrogen and oxygen atoms in total. The minimum Gasteiger partial charge on any atom is -0.507 e. The first-order valence-electron chi connectivity index (χ1n) is 26.4. The number of aromatic nitrogens is 3. The molecule has 0 fully saturated rings. The van der Waals surface area contributed by atoms with Gasteiger partial charge in [0, 0.05) is 11.6 Å². The Bertz CT molecular complexity index is 1610. The Morgan fingerprint density at radius 1 is 0.547 bits per heavy atom. The Kier molecular flexibility index (Phi) is 30.6. The number of ketones is 1. The number of carbonyl (C=O) groups is 1. The standard InChI is InChI=1S/C56H91N3O5/c1-6-8-10-12-14-16-18-20-22-23-25-27-29-31-33-35-37-50(36-34-32-30-28-26-24-21-19-17-15-13-11-9-7-2)63-45-54(61)46(3)64-51-42-43-52(53(60)44-51)56-58-47(4)57-55(59-56)48-38-40-49(62-5)41-39-48/h38-44,46,50,60H,6-37,45H2,1-5H3. The van der Waals surface area contributed by atoms with Crippen LogP contribution in [0.4, 0.5) is 0 Å². The van der Waals surface area contributed by atoms with Crippen LogP contribution < -0.4 is 9.47 Å². The lowest BCUT2D eigenvalue weighted by Crippen LogP contribution is -2.30. The summed E-state index contributed by atoms with van der Waals surface area (Å²) < 4.78 is 17.7. The van der Waals surface area contributed by atoms with Crippen LogP contribution in [0, 0.1) is 6.92 Å². The molecule has 0 saturated carbocycles. The van der Waals surface area contributed by atoms with Gasteiger partial charge >= 0.3 is 0 Å². The fourth-order valence-corrected chi connectivity index (χ4v) is 8.63. The zero-order valence-electron chi connectivity index (χ0n) is 41.5. The zero-order valence-corrected chi connectivity index (χ0v) is 41.5. The monoisotopic (exact) mass is 886 g/mol. The number of methoxy groups -OCH3 is 1. The summed E-state index contributed by atoms with van der Waals surface area (Å²) in [5, 5.41) is 11.0. The Labute approximate surface area is 390 Å². The minimum absolute atomic E-state index is 0.0334. The van der Waals surface area contributed by atoms with Gasteiger partial charge in [-0.25, -0.2) is 15.0 Å². The van der Waals surface area contributed by atoms with Gasteiger partial charge in [0.2, 0.25) is 0 Å². The first-order valence-corrected chi connectivity index (χ1v) is 26.4. The topological polar surface area (TPSA) is 104 Å². The molecule has 1 N–H and O–H groups in total. The maximum Gasteiger partial charge on any atom is 0.198 e. The van der Waals surface area contributed by atoms with Gasteiger partial charge in [0.05, 0.1) is 18.8 Å². The maximum absolute atomic E-state index is 13.4. The summed E-state index contributed by atoms with van der Waals surface area (Å²) in [7, 11) is 1.63. The number of unbranched alkanes of at least 4 members (excludes halogenated alkanes) is 28. The van der Waals surface area contributed by atoms with Gasteiger partial charge in [-0.1, -0.05) is 206 Å². The number of aromatic hydroxyl groups is 1. The second-order valence-electron chi connectivity index (χ2n) is 18.6. The van der Waals surface area contributed by atoms with Crippen molar-refractivity contribution in [3.63, 3.8) is 0 Å². The van der Waals surface area contributed by atoms with Crippen LogP contribution in [-0.4, -0.2) is 51.8 Å². The van der Waals surface area contributed by atoms with E-state index in [1.807, 2.05) is 24.3 Å². The van der Waals surface area contributed by atoms with Gasteiger partial charge < -0.3 is 19.3 Å². The third kappa shape index (κ3) is 24.7. The molecule has 8 heteroatoms. The molecule has 0 radical (unpaired) electrons. The number of carbonyl (C=O) groups excluding carboxylic acids is 1. The molecule has 2 unspecified atom stereocenters. The molecular weight excluding hydrogens is 795 g/mol. The number of nitrogens with zero attached hydrogens (tertiary/aromatic N) is 3. The molecule has 0 aliphatic rings. The van der Waals surface area contributed by atoms with Crippen LogP contribution in [0.25, 0.3) is 22.8 Å². The highest BCUT2D eigenvalue weighted by molar-refractivity contribution is 5.84. The number of hydrogen-bond donors (Lipinski definition) is 1. The lowest BCUT2D eigenvalue weighted by molar-refractivity contribution is -0.132. The Morgan fingerprint density at radius 2 is 0.953 bits per heavy atom. The van der Waals surface area contributed by atoms with Crippen molar-refractivity contribution in [3.05, 3.63) is 48.3 Å². The summed E-state index contributed by atoms with van der Waals surface area (Å²) in [6, 6.07) is 12.5. The highest BCUT2D eigenvalue weighted by Gasteiger charge is 2.20. The SMILES string of the molecule is CCCCCCCCCCCCCCCCCCC(CCCCCCCCCCCCCCCC)OCC(=O)C(C)Oc1ccc(-c2nc(C)nc(-c3ccc(OC)cc3)n2)c(O)c1. The fourth-order valence-electron chi connectivity index (χ4n) is 8.63. The number of benzene rings is 2. The number of aryl methyl sites for hydroxylation is 1. The van der Waals surface area contributed by atoms with Crippen molar-refractivity contribution in [1.82, 2.24) is 15.0 Å². The molecule has 0 spiro atoms. The van der Waals surface area contributed by atoms with E-state index >= 15 is 0 Å². The van der Waals surface area contributed by atoms with Crippen LogP contribution in [0.5, 0.6) is 17.2 Å². The lowest BCUT2D eigenvalue weighted by atomic mass is 10.0. The van der Waals surface area contributed by atoms with Crippen LogP contribution in [0.2, 0.25) is 0 Å². The van der Waals surface area contributed by atoms with Crippen molar-refractivity contribution in [2.75, 3.05) is 13.7 Å². The predicted octanol–water partition coefficient (Wildman–Crippen LogP) is 16.5. The second kappa shape index (κ2) is 35.7. The molecule has 3 aromatic rings. The quantitative estimate of drug-likeness (QED) is 0.0562. The van der Waals surface area contributed by atoms with E-state index < -0.39 is 6.10 Å². The summed E-state index contributed by atoms with van der Waals surface area (Å²) in [6.45, 7) is 8.16. The van der Waals surface area contributed by atoms with Crippen molar-refractivity contribution in [1.29, 1.82) is 0 Å². The van der Waals surface area contributed by atoms with Gasteiger partial charge in [-0.15, -0.1) is 0 Å². The van der Waals surface area contributed by atoms with E-state index in [0.717, 1.165) is 37.0 Å². The number of phenols is 1. The summed E-state index contributed by atoms with van der Waals surface area (Å²) in [6.07, 6.45) is 42.0. The first kappa shape index (κ1) is 54.8. The molecule has 0 aliphatic carbocycles. The third-order valence-electron chi connectivity index (χ3n) is 12.8. The van der Waals surface area contributed by atoms with Crippen LogP contribution in [0.1, 0.15) is 232 Å². The van der Waals surface area contributed by atoms with E-state index in [4.69, 9.17) is 14.2 Å². The zero-order chi connectivity index (χ0) is 45.9. The minimum atomic E-state index is -0.719. The van der Waals surface area contributed by atoms with Crippen LogP contribution >= 0.6 is 0 Å². The summed E-state index contributed by atoms with van der Waals surface area (Å²) >= 11 is 0. The van der Waals surface area contributed by atoms with Crippen molar-refractivity contribution < 1.29 is 24.1 Å². The predicted molar refractivity (Wildman–Crippen MR) is 268 cm³/mol. The smallest absolute Gasteiger partial charge is 0.198 e. The molecule has 0 amide bonds. The first-order chi connectivity index (χ1) is 31.3. The summed E-state index contributed by atoms with van der Waals surface area (Å²) in [5.74, 6) is 2.40. The second-order valence-corrected chi connectivity index (χ2v) is 18.6. The van der Waals surface area contributed by atoms with Crippen molar-refractivity contribution in [2.24, 2.45) is 0 Å². The van der Waals surface area contributed by atoms with Gasteiger partial charge in [-0.05, 0) is 63.1 Å². The fraction of sp³-hybridized carbons (Fsp3) is 0.714. The lowest BCUT2D eigenvalue weighted by Gasteiger charge is -2.20. The molecule has 0 aliphatic heterocycles. The van der Waals surface area contributed by atoms with Crippen LogP contribution in [-0.2, 0) is 9.53 Å². The van der Waals surface area contributed by atoms with E-state index in [9.17, 15) is 9.90 Å². The Balaban J connectivity index is 1.40. The van der Waals surface area contributed by atoms with Gasteiger partial charge in [0.25, 0.3) is 0 Å². The van der Waals surface area contributed by atoms with Gasteiger partial charge in [-0.2, -0.15) is 0 Å². The number of Topliss-reactive ketones (excluding diaryl/α,β-unsaturated/α-hetero) is 1. The van der Waals surface area contributed by atoms with Gasteiger partial charge in [-0.3, -0.25) is 4.79 Å². The van der Waals surface area contributed by atoms with E-state index in [1.54, 1.807) is 33.1 Å². The van der Waals surface area contributed by atoms with Crippen LogP contribution in [0.3, 0.4) is 0 Å². The summed E-state index contributed by atoms with van der Waals surface area (Å²) in [4.78, 5) is 27.0. The van der Waals surface area contributed by atoms with Crippen molar-refractivity contribution >= 4 is 5.78 Å². The number of ether oxygens (including phenoxy) is 3. The molecule has 1 aromatic heterocycles. The number of hydrogen-bond acceptors (Lipinski definition) is 8. The molecule has 2 atom stereocenters. The molecule has 64 heavy (non-hydrogen) atoms. The highest BCUT2D eigenvalue weighted by atomic mass is 16.5. The Hall–Kier alpha value is -3.52. The Morgan fingerprint density at radius 3 is 1.38 bits per heavy atom. The molecule has 360 valence electrons. The van der Waals surface area contributed by atoms with Crippen LogP contribution in [0.15, 0.2) is 42.5 Å². The molecular formula is C56H91N3O5. The number of phenolic OH excluding ortho intramolecular Hbond substituents is 1. The molecule has 2 aromatic carbocycles. The average Bonchev–Trinajstić information content (AvgIpc) is 3.30. The van der Waals surface area contributed by atoms with Crippen molar-refractivity contribution in [2.45, 2.75) is 245 Å². The van der Waals surface area contributed by atoms with E-state index in [2.05, 4.69) is 28.8 Å². The van der Waals surface area contributed by atoms with E-state index in [0.29, 0.717) is 28.8 Å². The highest BCUT2D eigenvalue weighted by Crippen LogP contribution is 2.32. The molecule has 0 bridgehead atoms. The number of rotatable bonds is 41. The summed E-state index contributed by atoms with van der Waals surface area (Å²) in [5.41, 5.74) is 1.27. The van der Waals surface area contributed by atoms with E-state index in [1.165, 1.54) is 186 Å².